The van der Waals surface area contributed by atoms with Gasteiger partial charge in [-0.2, -0.15) is 0 Å². The Bertz CT molecular complexity index is 2140. The van der Waals surface area contributed by atoms with Crippen molar-refractivity contribution in [3.63, 3.8) is 0 Å². The van der Waals surface area contributed by atoms with Crippen LogP contribution in [0.2, 0.25) is 0 Å². The monoisotopic (exact) mass is 832 g/mol. The Morgan fingerprint density at radius 2 is 0.966 bits per heavy atom. The minimum Gasteiger partial charge on any atom is -0.492 e. The van der Waals surface area contributed by atoms with Gasteiger partial charge < -0.3 is 30.3 Å². The molecular formula is C42H56N8O6S2. The maximum Gasteiger partial charge on any atom is 0.261 e. The normalized spacial score (nSPS) is 11.4. The fourth-order valence-corrected chi connectivity index (χ4v) is 7.61. The molecule has 0 aliphatic rings. The highest BCUT2D eigenvalue weighted by Gasteiger charge is 2.15. The Labute approximate surface area is 343 Å². The van der Waals surface area contributed by atoms with E-state index in [-0.39, 0.29) is 9.79 Å². The van der Waals surface area contributed by atoms with Crippen LogP contribution in [0.1, 0.15) is 38.8 Å². The molecule has 0 atom stereocenters. The molecule has 5 rings (SSSR count). The molecule has 0 amide bonds. The van der Waals surface area contributed by atoms with E-state index in [0.29, 0.717) is 55.1 Å². The molecule has 5 N–H and O–H groups in total. The quantitative estimate of drug-likeness (QED) is 0.0614. The first-order valence-electron chi connectivity index (χ1n) is 19.3. The van der Waals surface area contributed by atoms with Gasteiger partial charge >= 0.3 is 0 Å². The highest BCUT2D eigenvalue weighted by molar-refractivity contribution is 7.93. The van der Waals surface area contributed by atoms with Crippen molar-refractivity contribution in [2.45, 2.75) is 50.6 Å². The minimum absolute atomic E-state index is 0.191. The van der Waals surface area contributed by atoms with E-state index >= 15 is 0 Å². The topological polar surface area (TPSA) is 181 Å². The van der Waals surface area contributed by atoms with Crippen molar-refractivity contribution in [2.75, 3.05) is 67.2 Å². The molecule has 0 radical (unpaired) electrons. The summed E-state index contributed by atoms with van der Waals surface area (Å²) in [4.78, 5) is 13.1. The van der Waals surface area contributed by atoms with E-state index in [1.165, 1.54) is 0 Å². The van der Waals surface area contributed by atoms with E-state index in [1.807, 2.05) is 0 Å². The zero-order valence-corrected chi connectivity index (χ0v) is 35.3. The smallest absolute Gasteiger partial charge is 0.261 e. The van der Waals surface area contributed by atoms with Crippen molar-refractivity contribution in [1.29, 1.82) is 0 Å². The number of nitrogens with two attached hydrogens (primary N) is 1. The largest absolute Gasteiger partial charge is 0.492 e. The molecule has 0 spiro atoms. The molecule has 4 aromatic carbocycles. The first kappa shape index (κ1) is 45.4. The number of benzene rings is 4. The number of rotatable bonds is 22. The average Bonchev–Trinajstić information content (AvgIpc) is 3.25. The zero-order chi connectivity index (χ0) is 41.8. The first-order chi connectivity index (χ1) is 28.0. The van der Waals surface area contributed by atoms with Gasteiger partial charge in [-0.3, -0.25) is 9.44 Å². The Balaban J connectivity index is 0.000000262. The van der Waals surface area contributed by atoms with Crippen LogP contribution in [0.25, 0.3) is 0 Å². The van der Waals surface area contributed by atoms with E-state index < -0.39 is 20.0 Å². The van der Waals surface area contributed by atoms with Crippen LogP contribution in [-0.4, -0.2) is 89.1 Å². The van der Waals surface area contributed by atoms with Crippen molar-refractivity contribution < 1.29 is 26.3 Å². The Morgan fingerprint density at radius 3 is 1.34 bits per heavy atom. The summed E-state index contributed by atoms with van der Waals surface area (Å²) in [5.74, 6) is 1.94. The molecule has 1 heterocycles. The predicted octanol–water partition coefficient (Wildman–Crippen LogP) is 6.28. The molecule has 0 aliphatic carbocycles. The fourth-order valence-electron chi connectivity index (χ4n) is 5.49. The number of likely N-dealkylation sites (N-methyl/N-ethyl adjacent to an activating group) is 2. The van der Waals surface area contributed by atoms with E-state index in [0.717, 1.165) is 50.4 Å². The van der Waals surface area contributed by atoms with Gasteiger partial charge in [0.1, 0.15) is 24.7 Å². The number of nitrogens with zero attached hydrogens (tertiary/aromatic N) is 4. The van der Waals surface area contributed by atoms with Gasteiger partial charge in [0.15, 0.2) is 0 Å². The van der Waals surface area contributed by atoms with Gasteiger partial charge in [-0.05, 0) is 116 Å². The first-order valence-corrected chi connectivity index (χ1v) is 22.3. The summed E-state index contributed by atoms with van der Waals surface area (Å²) in [5.41, 5.74) is 8.31. The average molecular weight is 833 g/mol. The van der Waals surface area contributed by atoms with E-state index in [2.05, 4.69) is 62.2 Å². The Morgan fingerprint density at radius 1 is 0.569 bits per heavy atom. The fraction of sp³-hybridized carbons (Fsp3) is 0.333. The molecule has 0 saturated carbocycles. The lowest BCUT2D eigenvalue weighted by Gasteiger charge is -2.18. The summed E-state index contributed by atoms with van der Waals surface area (Å²) in [6.07, 6.45) is 3.31. The van der Waals surface area contributed by atoms with E-state index in [9.17, 15) is 16.8 Å². The number of hydrogen-bond donors (Lipinski definition) is 4. The van der Waals surface area contributed by atoms with Crippen molar-refractivity contribution in [3.8, 4) is 11.5 Å². The summed E-state index contributed by atoms with van der Waals surface area (Å²) < 4.78 is 66.9. The van der Waals surface area contributed by atoms with Crippen molar-refractivity contribution in [1.82, 2.24) is 19.8 Å². The van der Waals surface area contributed by atoms with Crippen LogP contribution in [-0.2, 0) is 33.1 Å². The maximum atomic E-state index is 12.7. The Hall–Kier alpha value is -5.26. The second-order valence-corrected chi connectivity index (χ2v) is 16.3. The summed E-state index contributed by atoms with van der Waals surface area (Å²) in [6, 6.07) is 28.8. The molecule has 14 nitrogen and oxygen atoms in total. The van der Waals surface area contributed by atoms with Crippen molar-refractivity contribution >= 4 is 37.4 Å². The number of anilines is 3. The van der Waals surface area contributed by atoms with Crippen LogP contribution in [0.3, 0.4) is 0 Å². The Kier molecular flexibility index (Phi) is 18.2. The minimum atomic E-state index is -3.69. The highest BCUT2D eigenvalue weighted by atomic mass is 32.2. The maximum absolute atomic E-state index is 12.7. The summed E-state index contributed by atoms with van der Waals surface area (Å²) >= 11 is 0. The van der Waals surface area contributed by atoms with E-state index in [4.69, 9.17) is 15.2 Å². The molecular weight excluding hydrogens is 777 g/mol. The molecule has 0 bridgehead atoms. The lowest BCUT2D eigenvalue weighted by atomic mass is 10.2. The van der Waals surface area contributed by atoms with Crippen LogP contribution in [0.15, 0.2) is 125 Å². The van der Waals surface area contributed by atoms with Crippen LogP contribution in [0.5, 0.6) is 11.5 Å². The van der Waals surface area contributed by atoms with Crippen LogP contribution >= 0.6 is 0 Å². The zero-order valence-electron chi connectivity index (χ0n) is 33.7. The number of nitrogens with one attached hydrogen (secondary N) is 3. The number of hydrogen-bond acceptors (Lipinski definition) is 12. The molecule has 58 heavy (non-hydrogen) atoms. The van der Waals surface area contributed by atoms with Gasteiger partial charge in [-0.1, -0.05) is 52.0 Å². The molecule has 312 valence electrons. The summed E-state index contributed by atoms with van der Waals surface area (Å²) in [7, 11) is -7.31. The lowest BCUT2D eigenvalue weighted by molar-refractivity contribution is 0.223. The molecule has 0 saturated heterocycles. The van der Waals surface area contributed by atoms with Crippen LogP contribution in [0, 0.1) is 0 Å². The summed E-state index contributed by atoms with van der Waals surface area (Å²) in [6.45, 7) is 16.2. The highest BCUT2D eigenvalue weighted by Crippen LogP contribution is 2.22. The number of ether oxygens (including phenoxy) is 2. The van der Waals surface area contributed by atoms with Gasteiger partial charge in [0.25, 0.3) is 20.0 Å². The number of sulfonamides is 2. The van der Waals surface area contributed by atoms with Gasteiger partial charge in [0.2, 0.25) is 5.95 Å². The molecule has 0 fully saturated rings. The van der Waals surface area contributed by atoms with Crippen molar-refractivity contribution in [2.24, 2.45) is 5.73 Å². The SMILES string of the molecule is CCN(CC)CCOc1ccc(NS(=O)(=O)c2ccc(CN)cc2)cc1.CCN(CC)CCOc1ccc(NS(=O)(=O)c2ccc(CNc3ncccn3)cc2)cc1. The van der Waals surface area contributed by atoms with Gasteiger partial charge in [-0.25, -0.2) is 26.8 Å². The third-order valence-electron chi connectivity index (χ3n) is 9.07. The molecule has 0 aliphatic heterocycles. The molecule has 1 aromatic heterocycles. The standard InChI is InChI=1S/C23H29N5O3S.C19H27N3O3S/c1-3-28(4-2)16-17-31-21-10-8-20(9-11-21)27-32(29,30)22-12-6-19(7-13-22)18-26-23-24-14-5-15-25-23;1-3-22(4-2)13-14-25-18-9-7-17(8-10-18)21-26(23,24)19-11-5-16(15-20)6-12-19/h5-15,27H,3-4,16-18H2,1-2H3,(H,24,25,26);5-12,21H,3-4,13-15,20H2,1-2H3. The lowest BCUT2D eigenvalue weighted by Crippen LogP contribution is -2.27. The molecule has 5 aromatic rings. The third kappa shape index (κ3) is 14.9. The number of aromatic nitrogens is 2. The van der Waals surface area contributed by atoms with Gasteiger partial charge in [-0.15, -0.1) is 0 Å². The van der Waals surface area contributed by atoms with Crippen molar-refractivity contribution in [3.05, 3.63) is 127 Å². The summed E-state index contributed by atoms with van der Waals surface area (Å²) in [5, 5.41) is 3.09. The second-order valence-electron chi connectivity index (χ2n) is 12.9. The van der Waals surface area contributed by atoms with Crippen LogP contribution < -0.4 is 30.0 Å². The van der Waals surface area contributed by atoms with E-state index in [1.54, 1.807) is 116 Å². The third-order valence-corrected chi connectivity index (χ3v) is 11.9. The van der Waals surface area contributed by atoms with Crippen LogP contribution in [0.4, 0.5) is 17.3 Å². The second kappa shape index (κ2) is 23.2. The molecule has 16 heteroatoms. The van der Waals surface area contributed by atoms with Gasteiger partial charge in [0, 0.05) is 49.9 Å². The molecule has 0 unspecified atom stereocenters. The predicted molar refractivity (Wildman–Crippen MR) is 231 cm³/mol. The van der Waals surface area contributed by atoms with Gasteiger partial charge in [0.05, 0.1) is 9.79 Å².